The molecule has 0 radical (unpaired) electrons. The van der Waals surface area contributed by atoms with Gasteiger partial charge in [-0.25, -0.2) is 0 Å². The minimum atomic E-state index is -0.0153. The van der Waals surface area contributed by atoms with Crippen LogP contribution in [0.1, 0.15) is 56.8 Å². The summed E-state index contributed by atoms with van der Waals surface area (Å²) in [7, 11) is 0. The van der Waals surface area contributed by atoms with E-state index in [1.807, 2.05) is 24.0 Å². The third-order valence-corrected chi connectivity index (χ3v) is 3.42. The third-order valence-electron chi connectivity index (χ3n) is 3.42. The van der Waals surface area contributed by atoms with Crippen LogP contribution in [0.15, 0.2) is 18.2 Å². The second kappa shape index (κ2) is 9.27. The molecule has 0 aromatic heterocycles. The number of unbranched alkanes of at least 4 members (excludes halogenated alkanes) is 2. The van der Waals surface area contributed by atoms with Crippen molar-refractivity contribution in [2.24, 2.45) is 0 Å². The van der Waals surface area contributed by atoms with Crippen molar-refractivity contribution in [3.05, 3.63) is 23.8 Å². The van der Waals surface area contributed by atoms with Crippen molar-refractivity contribution >= 4 is 11.6 Å². The van der Waals surface area contributed by atoms with Crippen molar-refractivity contribution in [2.45, 2.75) is 46.5 Å². The quantitative estimate of drug-likeness (QED) is 0.706. The highest BCUT2D eigenvalue weighted by Crippen LogP contribution is 2.26. The molecule has 0 spiro atoms. The van der Waals surface area contributed by atoms with Crippen LogP contribution in [0, 0.1) is 0 Å². The molecule has 1 rings (SSSR count). The number of benzene rings is 1. The van der Waals surface area contributed by atoms with Crippen molar-refractivity contribution in [1.29, 1.82) is 0 Å². The first kappa shape index (κ1) is 17.3. The van der Waals surface area contributed by atoms with Crippen molar-refractivity contribution in [3.8, 4) is 5.75 Å². The maximum absolute atomic E-state index is 12.8. The van der Waals surface area contributed by atoms with Crippen LogP contribution < -0.4 is 10.5 Å². The lowest BCUT2D eigenvalue weighted by Gasteiger charge is -2.24. The highest BCUT2D eigenvalue weighted by atomic mass is 16.5. The molecular formula is C17H28N2O2. The normalized spacial score (nSPS) is 10.4. The Balaban J connectivity index is 3.00. The van der Waals surface area contributed by atoms with Gasteiger partial charge in [-0.15, -0.1) is 0 Å². The zero-order valence-electron chi connectivity index (χ0n) is 13.5. The summed E-state index contributed by atoms with van der Waals surface area (Å²) in [5.74, 6) is 0.568. The van der Waals surface area contributed by atoms with Crippen LogP contribution in [0.25, 0.3) is 0 Å². The fraction of sp³-hybridized carbons (Fsp3) is 0.588. The fourth-order valence-electron chi connectivity index (χ4n) is 2.22. The third kappa shape index (κ3) is 4.96. The Kier molecular flexibility index (Phi) is 7.65. The molecule has 0 aliphatic carbocycles. The first-order chi connectivity index (χ1) is 10.2. The van der Waals surface area contributed by atoms with E-state index in [2.05, 4.69) is 13.8 Å². The average molecular weight is 292 g/mol. The fourth-order valence-corrected chi connectivity index (χ4v) is 2.22. The van der Waals surface area contributed by atoms with Crippen molar-refractivity contribution in [3.63, 3.8) is 0 Å². The lowest BCUT2D eigenvalue weighted by molar-refractivity contribution is 0.0748. The number of nitrogen functional groups attached to an aromatic ring is 1. The smallest absolute Gasteiger partial charge is 0.259 e. The Morgan fingerprint density at radius 1 is 1.14 bits per heavy atom. The summed E-state index contributed by atoms with van der Waals surface area (Å²) < 4.78 is 5.57. The van der Waals surface area contributed by atoms with Crippen LogP contribution in [-0.4, -0.2) is 30.5 Å². The molecule has 2 N–H and O–H groups in total. The first-order valence-corrected chi connectivity index (χ1v) is 7.96. The van der Waals surface area contributed by atoms with Crippen LogP contribution in [0.5, 0.6) is 5.75 Å². The van der Waals surface area contributed by atoms with Gasteiger partial charge in [0.15, 0.2) is 0 Å². The zero-order chi connectivity index (χ0) is 15.7. The predicted molar refractivity (Wildman–Crippen MR) is 87.7 cm³/mol. The van der Waals surface area contributed by atoms with Gasteiger partial charge in [0.05, 0.1) is 6.61 Å². The topological polar surface area (TPSA) is 55.6 Å². The Morgan fingerprint density at radius 2 is 1.76 bits per heavy atom. The standard InChI is InChI=1S/C17H28N2O2/c1-4-7-12-19(13-8-5-2)17(20)16-14(18)10-9-11-15(16)21-6-3/h9-11H,4-8,12-13,18H2,1-3H3. The molecule has 1 aromatic carbocycles. The van der Waals surface area contributed by atoms with E-state index < -0.39 is 0 Å². The van der Waals surface area contributed by atoms with Gasteiger partial charge in [-0.1, -0.05) is 32.8 Å². The van der Waals surface area contributed by atoms with Gasteiger partial charge in [0.25, 0.3) is 5.91 Å². The van der Waals surface area contributed by atoms with Crippen LogP contribution in [0.3, 0.4) is 0 Å². The number of nitrogens with two attached hydrogens (primary N) is 1. The summed E-state index contributed by atoms with van der Waals surface area (Å²) in [6.07, 6.45) is 4.15. The van der Waals surface area contributed by atoms with Crippen molar-refractivity contribution in [1.82, 2.24) is 4.90 Å². The monoisotopic (exact) mass is 292 g/mol. The van der Waals surface area contributed by atoms with E-state index in [-0.39, 0.29) is 5.91 Å². The molecule has 118 valence electrons. The Morgan fingerprint density at radius 3 is 2.29 bits per heavy atom. The van der Waals surface area contributed by atoms with Gasteiger partial charge in [-0.2, -0.15) is 0 Å². The summed E-state index contributed by atoms with van der Waals surface area (Å²) in [6, 6.07) is 5.39. The molecule has 1 aromatic rings. The number of rotatable bonds is 9. The van der Waals surface area contributed by atoms with Crippen LogP contribution in [0.4, 0.5) is 5.69 Å². The number of amides is 1. The zero-order valence-corrected chi connectivity index (χ0v) is 13.5. The van der Waals surface area contributed by atoms with Gasteiger partial charge >= 0.3 is 0 Å². The van der Waals surface area contributed by atoms with Gasteiger partial charge in [-0.05, 0) is 31.9 Å². The first-order valence-electron chi connectivity index (χ1n) is 7.96. The number of carbonyl (C=O) groups is 1. The summed E-state index contributed by atoms with van der Waals surface area (Å²) in [4.78, 5) is 14.7. The maximum Gasteiger partial charge on any atom is 0.259 e. The number of anilines is 1. The Hall–Kier alpha value is -1.71. The highest BCUT2D eigenvalue weighted by molar-refractivity contribution is 6.01. The van der Waals surface area contributed by atoms with Gasteiger partial charge in [0.2, 0.25) is 0 Å². The minimum Gasteiger partial charge on any atom is -0.493 e. The van der Waals surface area contributed by atoms with E-state index in [1.54, 1.807) is 6.07 Å². The van der Waals surface area contributed by atoms with Crippen LogP contribution >= 0.6 is 0 Å². The summed E-state index contributed by atoms with van der Waals surface area (Å²) >= 11 is 0. The predicted octanol–water partition coefficient (Wildman–Crippen LogP) is 3.71. The number of carbonyl (C=O) groups excluding carboxylic acids is 1. The molecule has 0 unspecified atom stereocenters. The lowest BCUT2D eigenvalue weighted by Crippen LogP contribution is -2.33. The highest BCUT2D eigenvalue weighted by Gasteiger charge is 2.21. The molecule has 0 heterocycles. The largest absolute Gasteiger partial charge is 0.493 e. The number of ether oxygens (including phenoxy) is 1. The maximum atomic E-state index is 12.8. The minimum absolute atomic E-state index is 0.0153. The molecule has 0 fully saturated rings. The molecule has 1 amide bonds. The van der Waals surface area contributed by atoms with Gasteiger partial charge in [0, 0.05) is 18.8 Å². The van der Waals surface area contributed by atoms with E-state index >= 15 is 0 Å². The Labute approximate surface area is 128 Å². The lowest BCUT2D eigenvalue weighted by atomic mass is 10.1. The summed E-state index contributed by atoms with van der Waals surface area (Å²) in [6.45, 7) is 8.23. The number of hydrogen-bond donors (Lipinski definition) is 1. The van der Waals surface area contributed by atoms with E-state index in [0.29, 0.717) is 23.6 Å². The van der Waals surface area contributed by atoms with Crippen molar-refractivity contribution < 1.29 is 9.53 Å². The van der Waals surface area contributed by atoms with Crippen LogP contribution in [0.2, 0.25) is 0 Å². The molecular weight excluding hydrogens is 264 g/mol. The summed E-state index contributed by atoms with van der Waals surface area (Å²) in [5, 5.41) is 0. The van der Waals surface area contributed by atoms with E-state index in [9.17, 15) is 4.79 Å². The molecule has 0 atom stereocenters. The number of hydrogen-bond acceptors (Lipinski definition) is 3. The molecule has 4 nitrogen and oxygen atoms in total. The van der Waals surface area contributed by atoms with Crippen molar-refractivity contribution in [2.75, 3.05) is 25.4 Å². The Bertz CT molecular complexity index is 438. The molecule has 0 bridgehead atoms. The van der Waals surface area contributed by atoms with Gasteiger partial charge in [0.1, 0.15) is 11.3 Å². The second-order valence-corrected chi connectivity index (χ2v) is 5.15. The van der Waals surface area contributed by atoms with Gasteiger partial charge in [-0.3, -0.25) is 4.79 Å². The molecule has 0 saturated heterocycles. The molecule has 21 heavy (non-hydrogen) atoms. The van der Waals surface area contributed by atoms with E-state index in [4.69, 9.17) is 10.5 Å². The average Bonchev–Trinajstić information content (AvgIpc) is 2.47. The summed E-state index contributed by atoms with van der Waals surface area (Å²) in [5.41, 5.74) is 7.02. The molecule has 0 aliphatic rings. The second-order valence-electron chi connectivity index (χ2n) is 5.15. The molecule has 0 saturated carbocycles. The molecule has 4 heteroatoms. The molecule has 0 aliphatic heterocycles. The number of nitrogens with zero attached hydrogens (tertiary/aromatic N) is 1. The van der Waals surface area contributed by atoms with E-state index in [0.717, 1.165) is 38.8 Å². The van der Waals surface area contributed by atoms with Crippen LogP contribution in [-0.2, 0) is 0 Å². The van der Waals surface area contributed by atoms with E-state index in [1.165, 1.54) is 0 Å². The SMILES string of the molecule is CCCCN(CCCC)C(=O)c1c(N)cccc1OCC. The van der Waals surface area contributed by atoms with Gasteiger partial charge < -0.3 is 15.4 Å².